The molecule has 7 heteroatoms. The summed E-state index contributed by atoms with van der Waals surface area (Å²) in [7, 11) is 0. The van der Waals surface area contributed by atoms with Gasteiger partial charge in [-0.25, -0.2) is 4.98 Å². The molecule has 2 saturated heterocycles. The van der Waals surface area contributed by atoms with Crippen LogP contribution in [0.15, 0.2) is 12.1 Å². The van der Waals surface area contributed by atoms with Crippen molar-refractivity contribution < 1.29 is 4.92 Å². The van der Waals surface area contributed by atoms with E-state index in [-0.39, 0.29) is 11.5 Å². The van der Waals surface area contributed by atoms with E-state index in [4.69, 9.17) is 5.73 Å². The van der Waals surface area contributed by atoms with E-state index in [1.165, 1.54) is 25.0 Å². The third-order valence-corrected chi connectivity index (χ3v) is 4.26. The lowest BCUT2D eigenvalue weighted by molar-refractivity contribution is -0.384. The molecule has 3 rings (SSSR count). The lowest BCUT2D eigenvalue weighted by Gasteiger charge is -2.42. The lowest BCUT2D eigenvalue weighted by atomic mass is 10.1. The van der Waals surface area contributed by atoms with Gasteiger partial charge in [-0.1, -0.05) is 0 Å². The summed E-state index contributed by atoms with van der Waals surface area (Å²) in [6.45, 7) is 5.14. The zero-order valence-electron chi connectivity index (χ0n) is 11.5. The molecule has 2 atom stereocenters. The SMILES string of the molecule is CC1CN2CCCC2CN1c1cc([N+](=O)[O-])cc(N)n1. The van der Waals surface area contributed by atoms with Crippen LogP contribution in [0, 0.1) is 10.1 Å². The molecule has 1 aromatic heterocycles. The maximum absolute atomic E-state index is 10.9. The average Bonchev–Trinajstić information content (AvgIpc) is 2.83. The van der Waals surface area contributed by atoms with Crippen molar-refractivity contribution in [2.45, 2.75) is 31.8 Å². The largest absolute Gasteiger partial charge is 0.383 e. The number of nitro groups is 1. The zero-order valence-corrected chi connectivity index (χ0v) is 11.5. The van der Waals surface area contributed by atoms with Crippen molar-refractivity contribution in [3.05, 3.63) is 22.2 Å². The first-order chi connectivity index (χ1) is 9.54. The second-order valence-electron chi connectivity index (χ2n) is 5.66. The smallest absolute Gasteiger partial charge is 0.276 e. The minimum atomic E-state index is -0.419. The maximum atomic E-state index is 10.9. The molecule has 108 valence electrons. The van der Waals surface area contributed by atoms with Gasteiger partial charge in [-0.05, 0) is 26.3 Å². The summed E-state index contributed by atoms with van der Waals surface area (Å²) in [5.41, 5.74) is 5.71. The number of aromatic nitrogens is 1. The van der Waals surface area contributed by atoms with E-state index < -0.39 is 4.92 Å². The van der Waals surface area contributed by atoms with Crippen LogP contribution in [0.1, 0.15) is 19.8 Å². The average molecular weight is 277 g/mol. The first-order valence-electron chi connectivity index (χ1n) is 6.97. The standard InChI is InChI=1S/C13H19N5O2/c1-9-7-16-4-2-3-10(16)8-17(9)13-6-11(18(19)20)5-12(14)15-13/h5-6,9-10H,2-4,7-8H2,1H3,(H2,14,15). The number of hydrogen-bond donors (Lipinski definition) is 1. The normalized spacial score (nSPS) is 26.6. The molecule has 1 aromatic rings. The highest BCUT2D eigenvalue weighted by Gasteiger charge is 2.35. The minimum absolute atomic E-state index is 0.00792. The van der Waals surface area contributed by atoms with Gasteiger partial charge >= 0.3 is 0 Å². The molecule has 0 saturated carbocycles. The Hall–Kier alpha value is -1.89. The van der Waals surface area contributed by atoms with Crippen LogP contribution in [0.25, 0.3) is 0 Å². The Bertz CT molecular complexity index is 535. The molecular weight excluding hydrogens is 258 g/mol. The number of pyridine rings is 1. The fourth-order valence-corrected chi connectivity index (χ4v) is 3.28. The molecule has 0 bridgehead atoms. The third kappa shape index (κ3) is 2.29. The Labute approximate surface area is 117 Å². The maximum Gasteiger partial charge on any atom is 0.276 e. The predicted molar refractivity (Wildman–Crippen MR) is 76.7 cm³/mol. The van der Waals surface area contributed by atoms with Crippen molar-refractivity contribution in [3.63, 3.8) is 0 Å². The lowest BCUT2D eigenvalue weighted by Crippen LogP contribution is -2.55. The molecule has 7 nitrogen and oxygen atoms in total. The minimum Gasteiger partial charge on any atom is -0.383 e. The number of nitrogens with two attached hydrogens (primary N) is 1. The molecule has 2 fully saturated rings. The molecule has 20 heavy (non-hydrogen) atoms. The van der Waals surface area contributed by atoms with Crippen molar-refractivity contribution in [2.24, 2.45) is 0 Å². The van der Waals surface area contributed by atoms with Crippen molar-refractivity contribution >= 4 is 17.3 Å². The van der Waals surface area contributed by atoms with Crippen LogP contribution in [-0.4, -0.2) is 46.5 Å². The number of nitrogens with zero attached hydrogens (tertiary/aromatic N) is 4. The van der Waals surface area contributed by atoms with Crippen molar-refractivity contribution in [1.29, 1.82) is 0 Å². The van der Waals surface area contributed by atoms with Crippen LogP contribution in [0.5, 0.6) is 0 Å². The van der Waals surface area contributed by atoms with Gasteiger partial charge in [0, 0.05) is 25.2 Å². The molecule has 3 heterocycles. The fourth-order valence-electron chi connectivity index (χ4n) is 3.28. The molecule has 2 aliphatic rings. The number of hydrogen-bond acceptors (Lipinski definition) is 6. The summed E-state index contributed by atoms with van der Waals surface area (Å²) in [5.74, 6) is 0.825. The van der Waals surface area contributed by atoms with Gasteiger partial charge in [-0.2, -0.15) is 0 Å². The first kappa shape index (κ1) is 13.1. The molecule has 0 radical (unpaired) electrons. The molecule has 0 amide bonds. The zero-order chi connectivity index (χ0) is 14.3. The number of nitrogen functional groups attached to an aromatic ring is 1. The number of piperazine rings is 1. The van der Waals surface area contributed by atoms with Gasteiger partial charge < -0.3 is 10.6 Å². The quantitative estimate of drug-likeness (QED) is 0.646. The number of fused-ring (bicyclic) bond motifs is 1. The van der Waals surface area contributed by atoms with Gasteiger partial charge in [0.05, 0.1) is 17.1 Å². The highest BCUT2D eigenvalue weighted by molar-refractivity contribution is 5.55. The highest BCUT2D eigenvalue weighted by Crippen LogP contribution is 2.30. The monoisotopic (exact) mass is 277 g/mol. The summed E-state index contributed by atoms with van der Waals surface area (Å²) in [6, 6.07) is 3.66. The second-order valence-corrected chi connectivity index (χ2v) is 5.66. The van der Waals surface area contributed by atoms with Gasteiger partial charge in [-0.15, -0.1) is 0 Å². The number of anilines is 2. The summed E-state index contributed by atoms with van der Waals surface area (Å²) < 4.78 is 0. The summed E-state index contributed by atoms with van der Waals surface area (Å²) in [5, 5.41) is 10.9. The van der Waals surface area contributed by atoms with Crippen LogP contribution in [0.4, 0.5) is 17.3 Å². The summed E-state index contributed by atoms with van der Waals surface area (Å²) >= 11 is 0. The van der Waals surface area contributed by atoms with Crippen LogP contribution in [0.3, 0.4) is 0 Å². The Balaban J connectivity index is 1.89. The first-order valence-corrected chi connectivity index (χ1v) is 6.97. The van der Waals surface area contributed by atoms with E-state index in [0.717, 1.165) is 19.6 Å². The Morgan fingerprint density at radius 2 is 2.25 bits per heavy atom. The topological polar surface area (TPSA) is 88.5 Å². The van der Waals surface area contributed by atoms with E-state index in [1.807, 2.05) is 0 Å². The Morgan fingerprint density at radius 3 is 3.00 bits per heavy atom. The third-order valence-electron chi connectivity index (χ3n) is 4.26. The van der Waals surface area contributed by atoms with Gasteiger partial charge in [0.2, 0.25) is 0 Å². The molecule has 0 spiro atoms. The highest BCUT2D eigenvalue weighted by atomic mass is 16.6. The van der Waals surface area contributed by atoms with E-state index in [0.29, 0.717) is 17.9 Å². The fraction of sp³-hybridized carbons (Fsp3) is 0.615. The molecule has 2 unspecified atom stereocenters. The molecular formula is C13H19N5O2. The Kier molecular flexibility index (Phi) is 3.21. The molecule has 2 N–H and O–H groups in total. The second kappa shape index (κ2) is 4.90. The Morgan fingerprint density at radius 1 is 1.45 bits per heavy atom. The van der Waals surface area contributed by atoms with E-state index >= 15 is 0 Å². The van der Waals surface area contributed by atoms with Gasteiger partial charge in [0.25, 0.3) is 5.69 Å². The summed E-state index contributed by atoms with van der Waals surface area (Å²) in [6.07, 6.45) is 2.42. The predicted octanol–water partition coefficient (Wildman–Crippen LogP) is 1.24. The van der Waals surface area contributed by atoms with E-state index in [1.54, 1.807) is 0 Å². The van der Waals surface area contributed by atoms with Crippen molar-refractivity contribution in [2.75, 3.05) is 30.3 Å². The van der Waals surface area contributed by atoms with E-state index in [9.17, 15) is 10.1 Å². The molecule has 2 aliphatic heterocycles. The van der Waals surface area contributed by atoms with Gasteiger partial charge in [0.1, 0.15) is 11.6 Å². The van der Waals surface area contributed by atoms with E-state index in [2.05, 4.69) is 21.7 Å². The van der Waals surface area contributed by atoms with Crippen LogP contribution in [0.2, 0.25) is 0 Å². The van der Waals surface area contributed by atoms with Gasteiger partial charge in [-0.3, -0.25) is 15.0 Å². The molecule has 0 aromatic carbocycles. The van der Waals surface area contributed by atoms with Crippen LogP contribution in [-0.2, 0) is 0 Å². The van der Waals surface area contributed by atoms with Crippen LogP contribution >= 0.6 is 0 Å². The summed E-state index contributed by atoms with van der Waals surface area (Å²) in [4.78, 5) is 19.5. The van der Waals surface area contributed by atoms with Crippen LogP contribution < -0.4 is 10.6 Å². The van der Waals surface area contributed by atoms with Crippen molar-refractivity contribution in [1.82, 2.24) is 9.88 Å². The number of rotatable bonds is 2. The van der Waals surface area contributed by atoms with Crippen molar-refractivity contribution in [3.8, 4) is 0 Å². The van der Waals surface area contributed by atoms with Gasteiger partial charge in [0.15, 0.2) is 0 Å². The molecule has 0 aliphatic carbocycles.